The number of nitrogens with one attached hydrogen (secondary N) is 1. The minimum absolute atomic E-state index is 0.202. The molecule has 104 valence electrons. The molecule has 1 amide bonds. The van der Waals surface area contributed by atoms with Crippen molar-refractivity contribution in [2.75, 3.05) is 7.05 Å². The summed E-state index contributed by atoms with van der Waals surface area (Å²) in [4.78, 5) is 11.7. The molecule has 2 aromatic carbocycles. The molecule has 2 rings (SSSR count). The number of hydrogen-bond acceptors (Lipinski definition) is 2. The van der Waals surface area contributed by atoms with E-state index in [-0.39, 0.29) is 11.7 Å². The summed E-state index contributed by atoms with van der Waals surface area (Å²) < 4.78 is 13.0. The molecule has 0 spiro atoms. The Kier molecular flexibility index (Phi) is 4.47. The van der Waals surface area contributed by atoms with E-state index in [1.807, 2.05) is 6.07 Å². The van der Waals surface area contributed by atoms with E-state index in [4.69, 9.17) is 5.26 Å². The highest BCUT2D eigenvalue weighted by Gasteiger charge is 2.09. The molecular formula is C17H13FN2O. The Hall–Kier alpha value is -2.93. The van der Waals surface area contributed by atoms with Crippen LogP contribution in [0.15, 0.2) is 54.6 Å². The van der Waals surface area contributed by atoms with Crippen LogP contribution in [0.2, 0.25) is 0 Å². The van der Waals surface area contributed by atoms with E-state index in [9.17, 15) is 9.18 Å². The normalized spacial score (nSPS) is 10.8. The van der Waals surface area contributed by atoms with Crippen molar-refractivity contribution >= 4 is 11.5 Å². The molecule has 1 N–H and O–H groups in total. The Morgan fingerprint density at radius 2 is 1.81 bits per heavy atom. The Morgan fingerprint density at radius 1 is 1.14 bits per heavy atom. The van der Waals surface area contributed by atoms with Gasteiger partial charge in [-0.2, -0.15) is 5.26 Å². The number of nitrogens with zero attached hydrogens (tertiary/aromatic N) is 1. The van der Waals surface area contributed by atoms with Crippen molar-refractivity contribution in [2.24, 2.45) is 0 Å². The molecule has 0 bridgehead atoms. The molecule has 0 unspecified atom stereocenters. The van der Waals surface area contributed by atoms with Crippen LogP contribution in [0.5, 0.6) is 0 Å². The number of rotatable bonds is 3. The fourth-order valence-corrected chi connectivity index (χ4v) is 2.00. The Morgan fingerprint density at radius 3 is 2.43 bits per heavy atom. The molecule has 0 saturated heterocycles. The van der Waals surface area contributed by atoms with Crippen LogP contribution in [0.1, 0.15) is 21.5 Å². The Labute approximate surface area is 122 Å². The molecule has 4 heteroatoms. The van der Waals surface area contributed by atoms with Crippen LogP contribution < -0.4 is 5.32 Å². The second-order valence-electron chi connectivity index (χ2n) is 4.35. The van der Waals surface area contributed by atoms with Crippen LogP contribution in [0.4, 0.5) is 4.39 Å². The van der Waals surface area contributed by atoms with Gasteiger partial charge in [-0.1, -0.05) is 24.3 Å². The number of amides is 1. The molecule has 21 heavy (non-hydrogen) atoms. The van der Waals surface area contributed by atoms with E-state index in [1.165, 1.54) is 18.2 Å². The lowest BCUT2D eigenvalue weighted by atomic mass is 9.96. The number of hydrogen-bond donors (Lipinski definition) is 1. The number of nitriles is 1. The topological polar surface area (TPSA) is 52.9 Å². The van der Waals surface area contributed by atoms with Crippen molar-refractivity contribution in [3.8, 4) is 6.07 Å². The zero-order valence-electron chi connectivity index (χ0n) is 11.4. The molecule has 3 nitrogen and oxygen atoms in total. The van der Waals surface area contributed by atoms with Crippen LogP contribution in [0, 0.1) is 17.1 Å². The average Bonchev–Trinajstić information content (AvgIpc) is 2.53. The summed E-state index contributed by atoms with van der Waals surface area (Å²) in [5, 5.41) is 11.5. The Bertz CT molecular complexity index is 727. The molecule has 2 aromatic rings. The van der Waals surface area contributed by atoms with Crippen LogP contribution >= 0.6 is 0 Å². The lowest BCUT2D eigenvalue weighted by Gasteiger charge is -2.09. The van der Waals surface area contributed by atoms with Gasteiger partial charge in [-0.05, 0) is 41.0 Å². The smallest absolute Gasteiger partial charge is 0.251 e. The van der Waals surface area contributed by atoms with Crippen molar-refractivity contribution in [1.29, 1.82) is 5.26 Å². The standard InChI is InChI=1S/C17H13FN2O/c1-20-17(21)14-4-2-3-13(11-14)16(9-10-19)12-5-7-15(18)8-6-12/h2-9,11H,1H3,(H,20,21)/b16-9+. The zero-order valence-corrected chi connectivity index (χ0v) is 11.4. The van der Waals surface area contributed by atoms with Gasteiger partial charge in [0.15, 0.2) is 0 Å². The fraction of sp³-hybridized carbons (Fsp3) is 0.0588. The zero-order chi connectivity index (χ0) is 15.2. The first-order valence-corrected chi connectivity index (χ1v) is 6.34. The fourth-order valence-electron chi connectivity index (χ4n) is 2.00. The number of carbonyl (C=O) groups is 1. The maximum Gasteiger partial charge on any atom is 0.251 e. The van der Waals surface area contributed by atoms with Gasteiger partial charge in [0.25, 0.3) is 5.91 Å². The van der Waals surface area contributed by atoms with Gasteiger partial charge >= 0.3 is 0 Å². The van der Waals surface area contributed by atoms with Gasteiger partial charge in [0, 0.05) is 18.7 Å². The first-order valence-electron chi connectivity index (χ1n) is 6.34. The second-order valence-corrected chi connectivity index (χ2v) is 4.35. The molecule has 0 aliphatic carbocycles. The largest absolute Gasteiger partial charge is 0.355 e. The van der Waals surface area contributed by atoms with E-state index in [1.54, 1.807) is 43.4 Å². The maximum absolute atomic E-state index is 13.0. The molecule has 0 atom stereocenters. The lowest BCUT2D eigenvalue weighted by molar-refractivity contribution is 0.0963. The van der Waals surface area contributed by atoms with Crippen LogP contribution in [-0.2, 0) is 0 Å². The predicted octanol–water partition coefficient (Wildman–Crippen LogP) is 3.14. The molecule has 0 aliphatic rings. The number of halogens is 1. The number of benzene rings is 2. The highest BCUT2D eigenvalue weighted by molar-refractivity contribution is 5.95. The molecule has 0 heterocycles. The van der Waals surface area contributed by atoms with Gasteiger partial charge in [0.1, 0.15) is 5.82 Å². The van der Waals surface area contributed by atoms with E-state index in [0.29, 0.717) is 16.7 Å². The number of carbonyl (C=O) groups excluding carboxylic acids is 1. The molecule has 0 fully saturated rings. The minimum Gasteiger partial charge on any atom is -0.355 e. The summed E-state index contributed by atoms with van der Waals surface area (Å²) in [5.74, 6) is -0.540. The van der Waals surface area contributed by atoms with E-state index in [0.717, 1.165) is 5.56 Å². The van der Waals surface area contributed by atoms with Crippen LogP contribution in [0.25, 0.3) is 5.57 Å². The highest BCUT2D eigenvalue weighted by Crippen LogP contribution is 2.24. The third-order valence-corrected chi connectivity index (χ3v) is 3.03. The van der Waals surface area contributed by atoms with Crippen molar-refractivity contribution in [1.82, 2.24) is 5.32 Å². The summed E-state index contributed by atoms with van der Waals surface area (Å²) in [6.45, 7) is 0. The summed E-state index contributed by atoms with van der Waals surface area (Å²) in [5.41, 5.74) is 2.58. The van der Waals surface area contributed by atoms with Gasteiger partial charge in [0.05, 0.1) is 6.07 Å². The van der Waals surface area contributed by atoms with Gasteiger partial charge < -0.3 is 5.32 Å². The summed E-state index contributed by atoms with van der Waals surface area (Å²) >= 11 is 0. The first-order chi connectivity index (χ1) is 10.2. The third-order valence-electron chi connectivity index (χ3n) is 3.03. The molecule has 0 saturated carbocycles. The highest BCUT2D eigenvalue weighted by atomic mass is 19.1. The van der Waals surface area contributed by atoms with Crippen molar-refractivity contribution in [3.63, 3.8) is 0 Å². The second kappa shape index (κ2) is 6.49. The van der Waals surface area contributed by atoms with E-state index >= 15 is 0 Å². The summed E-state index contributed by atoms with van der Waals surface area (Å²) in [6, 6.07) is 14.8. The molecule has 0 aliphatic heterocycles. The van der Waals surface area contributed by atoms with Crippen LogP contribution in [-0.4, -0.2) is 13.0 Å². The minimum atomic E-state index is -0.339. The predicted molar refractivity (Wildman–Crippen MR) is 78.9 cm³/mol. The van der Waals surface area contributed by atoms with Crippen LogP contribution in [0.3, 0.4) is 0 Å². The third kappa shape index (κ3) is 3.34. The van der Waals surface area contributed by atoms with Gasteiger partial charge in [-0.3, -0.25) is 4.79 Å². The Balaban J connectivity index is 2.49. The number of allylic oxidation sites excluding steroid dienone is 1. The van der Waals surface area contributed by atoms with Crippen molar-refractivity contribution in [3.05, 3.63) is 77.1 Å². The monoisotopic (exact) mass is 280 g/mol. The quantitative estimate of drug-likeness (QED) is 0.878. The van der Waals surface area contributed by atoms with Crippen molar-refractivity contribution in [2.45, 2.75) is 0 Å². The summed E-state index contributed by atoms with van der Waals surface area (Å²) in [6.07, 6.45) is 1.39. The molecular weight excluding hydrogens is 267 g/mol. The average molecular weight is 280 g/mol. The summed E-state index contributed by atoms with van der Waals surface area (Å²) in [7, 11) is 1.56. The van der Waals surface area contributed by atoms with E-state index < -0.39 is 0 Å². The van der Waals surface area contributed by atoms with Crippen molar-refractivity contribution < 1.29 is 9.18 Å². The van der Waals surface area contributed by atoms with Gasteiger partial charge in [-0.25, -0.2) is 4.39 Å². The lowest BCUT2D eigenvalue weighted by Crippen LogP contribution is -2.17. The molecule has 0 aromatic heterocycles. The first kappa shape index (κ1) is 14.5. The van der Waals surface area contributed by atoms with E-state index in [2.05, 4.69) is 5.32 Å². The molecule has 0 radical (unpaired) electrons. The van der Waals surface area contributed by atoms with Gasteiger partial charge in [-0.15, -0.1) is 0 Å². The SMILES string of the molecule is CNC(=O)c1cccc(/C(=C/C#N)c2ccc(F)cc2)c1. The maximum atomic E-state index is 13.0. The van der Waals surface area contributed by atoms with Gasteiger partial charge in [0.2, 0.25) is 0 Å².